The van der Waals surface area contributed by atoms with Crippen LogP contribution in [0.1, 0.15) is 59.7 Å². The lowest BCUT2D eigenvalue weighted by Crippen LogP contribution is -2.39. The molecule has 0 spiro atoms. The summed E-state index contributed by atoms with van der Waals surface area (Å²) in [7, 11) is 0. The molecule has 0 bridgehead atoms. The summed E-state index contributed by atoms with van der Waals surface area (Å²) in [6.07, 6.45) is 6.82. The van der Waals surface area contributed by atoms with Gasteiger partial charge in [0.25, 0.3) is 5.91 Å². The van der Waals surface area contributed by atoms with Crippen LogP contribution in [-0.4, -0.2) is 51.9 Å². The molecular formula is C19H24ClN5OS. The first-order valence-corrected chi connectivity index (χ1v) is 10.9. The Morgan fingerprint density at radius 3 is 2.81 bits per heavy atom. The zero-order valence-corrected chi connectivity index (χ0v) is 17.1. The first-order chi connectivity index (χ1) is 13.2. The van der Waals surface area contributed by atoms with Gasteiger partial charge in [0.2, 0.25) is 5.95 Å². The zero-order chi connectivity index (χ0) is 18.8. The molecule has 2 aromatic heterocycles. The van der Waals surface area contributed by atoms with Crippen molar-refractivity contribution in [2.24, 2.45) is 0 Å². The Kier molecular flexibility index (Phi) is 5.59. The summed E-state index contributed by atoms with van der Waals surface area (Å²) in [5.41, 5.74) is 1.45. The Balaban J connectivity index is 1.52. The number of aromatic nitrogens is 3. The van der Waals surface area contributed by atoms with Crippen LogP contribution < -0.4 is 4.90 Å². The lowest BCUT2D eigenvalue weighted by molar-refractivity contribution is 0.0701. The Morgan fingerprint density at radius 2 is 2.07 bits per heavy atom. The van der Waals surface area contributed by atoms with Gasteiger partial charge in [-0.1, -0.05) is 18.5 Å². The number of hydrogen-bond acceptors (Lipinski definition) is 6. The van der Waals surface area contributed by atoms with Crippen LogP contribution in [0.2, 0.25) is 5.02 Å². The highest BCUT2D eigenvalue weighted by Crippen LogP contribution is 2.31. The molecule has 2 aliphatic heterocycles. The third-order valence-corrected chi connectivity index (χ3v) is 6.65. The van der Waals surface area contributed by atoms with Crippen molar-refractivity contribution in [1.82, 2.24) is 19.9 Å². The molecule has 0 aromatic carbocycles. The average molecular weight is 406 g/mol. The van der Waals surface area contributed by atoms with E-state index in [4.69, 9.17) is 16.6 Å². The van der Waals surface area contributed by atoms with Crippen LogP contribution in [0.3, 0.4) is 0 Å². The molecule has 4 rings (SSSR count). The van der Waals surface area contributed by atoms with Gasteiger partial charge < -0.3 is 9.80 Å². The Labute approximate surface area is 168 Å². The van der Waals surface area contributed by atoms with E-state index in [0.29, 0.717) is 29.1 Å². The van der Waals surface area contributed by atoms with Crippen LogP contribution >= 0.6 is 22.9 Å². The molecule has 2 aromatic rings. The summed E-state index contributed by atoms with van der Waals surface area (Å²) in [6, 6.07) is 0. The minimum Gasteiger partial charge on any atom is -0.341 e. The quantitative estimate of drug-likeness (QED) is 0.774. The van der Waals surface area contributed by atoms with Gasteiger partial charge in [0.1, 0.15) is 0 Å². The fourth-order valence-electron chi connectivity index (χ4n) is 3.76. The van der Waals surface area contributed by atoms with E-state index in [9.17, 15) is 4.79 Å². The molecular weight excluding hydrogens is 382 g/mol. The number of amides is 1. The molecule has 0 radical (unpaired) electrons. The van der Waals surface area contributed by atoms with E-state index in [1.54, 1.807) is 17.5 Å². The van der Waals surface area contributed by atoms with Crippen LogP contribution in [0.4, 0.5) is 5.95 Å². The van der Waals surface area contributed by atoms with Crippen molar-refractivity contribution in [2.75, 3.05) is 31.1 Å². The van der Waals surface area contributed by atoms with E-state index < -0.39 is 0 Å². The van der Waals surface area contributed by atoms with Gasteiger partial charge in [-0.15, -0.1) is 11.3 Å². The number of thiazole rings is 1. The standard InChI is InChI=1S/C19H24ClN5OS/c1-2-14-12-27-17(22-14)13-6-5-9-25(11-13)18(26)16-15(20)10-21-19(23-16)24-7-3-4-8-24/h10,12-13H,2-9,11H2,1H3. The van der Waals surface area contributed by atoms with E-state index in [1.165, 1.54) is 0 Å². The number of piperidine rings is 1. The molecule has 144 valence electrons. The van der Waals surface area contributed by atoms with Crippen molar-refractivity contribution in [3.63, 3.8) is 0 Å². The summed E-state index contributed by atoms with van der Waals surface area (Å²) in [5.74, 6) is 0.813. The maximum Gasteiger partial charge on any atom is 0.274 e. The third kappa shape index (κ3) is 3.94. The average Bonchev–Trinajstić information content (AvgIpc) is 3.40. The molecule has 2 aliphatic rings. The Morgan fingerprint density at radius 1 is 1.26 bits per heavy atom. The Hall–Kier alpha value is -1.73. The van der Waals surface area contributed by atoms with Crippen LogP contribution in [0.5, 0.6) is 0 Å². The second-order valence-corrected chi connectivity index (χ2v) is 8.48. The van der Waals surface area contributed by atoms with Crippen LogP contribution in [0.15, 0.2) is 11.6 Å². The van der Waals surface area contributed by atoms with E-state index in [-0.39, 0.29) is 5.91 Å². The first-order valence-electron chi connectivity index (χ1n) is 9.66. The van der Waals surface area contributed by atoms with Gasteiger partial charge in [0.15, 0.2) is 5.69 Å². The largest absolute Gasteiger partial charge is 0.341 e. The fourth-order valence-corrected chi connectivity index (χ4v) is 4.97. The highest BCUT2D eigenvalue weighted by molar-refractivity contribution is 7.09. The van der Waals surface area contributed by atoms with Crippen molar-refractivity contribution in [3.05, 3.63) is 33.0 Å². The van der Waals surface area contributed by atoms with E-state index >= 15 is 0 Å². The summed E-state index contributed by atoms with van der Waals surface area (Å²) in [5, 5.41) is 3.59. The zero-order valence-electron chi connectivity index (χ0n) is 15.5. The van der Waals surface area contributed by atoms with Gasteiger partial charge in [-0.25, -0.2) is 15.0 Å². The SMILES string of the molecule is CCc1csc(C2CCCN(C(=O)c3nc(N4CCCC4)ncc3Cl)C2)n1. The number of nitrogens with zero attached hydrogens (tertiary/aromatic N) is 5. The summed E-state index contributed by atoms with van der Waals surface area (Å²) in [4.78, 5) is 30.7. The minimum absolute atomic E-state index is 0.0974. The number of aryl methyl sites for hydroxylation is 1. The van der Waals surface area contributed by atoms with Crippen LogP contribution in [-0.2, 0) is 6.42 Å². The predicted molar refractivity (Wildman–Crippen MR) is 108 cm³/mol. The molecule has 1 atom stereocenters. The Bertz CT molecular complexity index is 820. The predicted octanol–water partition coefficient (Wildman–Crippen LogP) is 3.77. The number of halogens is 1. The van der Waals surface area contributed by atoms with Gasteiger partial charge in [-0.3, -0.25) is 4.79 Å². The maximum atomic E-state index is 13.1. The number of carbonyl (C=O) groups excluding carboxylic acids is 1. The number of likely N-dealkylation sites (tertiary alicyclic amines) is 1. The first kappa shape index (κ1) is 18.6. The number of carbonyl (C=O) groups is 1. The highest BCUT2D eigenvalue weighted by Gasteiger charge is 2.29. The molecule has 0 aliphatic carbocycles. The topological polar surface area (TPSA) is 62.2 Å². The minimum atomic E-state index is -0.0974. The smallest absolute Gasteiger partial charge is 0.274 e. The van der Waals surface area contributed by atoms with E-state index in [2.05, 4.69) is 27.2 Å². The van der Waals surface area contributed by atoms with Crippen molar-refractivity contribution < 1.29 is 4.79 Å². The summed E-state index contributed by atoms with van der Waals surface area (Å²) < 4.78 is 0. The normalized spacial score (nSPS) is 20.3. The second kappa shape index (κ2) is 8.10. The van der Waals surface area contributed by atoms with E-state index in [1.807, 2.05) is 4.90 Å². The van der Waals surface area contributed by atoms with Gasteiger partial charge in [0.05, 0.1) is 21.9 Å². The molecule has 0 saturated carbocycles. The lowest BCUT2D eigenvalue weighted by atomic mass is 9.98. The highest BCUT2D eigenvalue weighted by atomic mass is 35.5. The third-order valence-electron chi connectivity index (χ3n) is 5.31. The number of rotatable bonds is 4. The molecule has 0 N–H and O–H groups in total. The van der Waals surface area contributed by atoms with Crippen molar-refractivity contribution in [1.29, 1.82) is 0 Å². The second-order valence-electron chi connectivity index (χ2n) is 7.18. The van der Waals surface area contributed by atoms with Crippen LogP contribution in [0, 0.1) is 0 Å². The molecule has 2 saturated heterocycles. The molecule has 4 heterocycles. The van der Waals surface area contributed by atoms with Gasteiger partial charge in [-0.05, 0) is 32.1 Å². The van der Waals surface area contributed by atoms with Crippen molar-refractivity contribution >= 4 is 34.8 Å². The number of anilines is 1. The van der Waals surface area contributed by atoms with Gasteiger partial charge in [0, 0.05) is 37.5 Å². The van der Waals surface area contributed by atoms with Crippen molar-refractivity contribution in [2.45, 2.75) is 44.9 Å². The molecule has 2 fully saturated rings. The van der Waals surface area contributed by atoms with Gasteiger partial charge >= 0.3 is 0 Å². The monoisotopic (exact) mass is 405 g/mol. The van der Waals surface area contributed by atoms with E-state index in [0.717, 1.165) is 62.4 Å². The van der Waals surface area contributed by atoms with Crippen molar-refractivity contribution in [3.8, 4) is 0 Å². The number of hydrogen-bond donors (Lipinski definition) is 0. The molecule has 8 heteroatoms. The molecule has 1 amide bonds. The molecule has 6 nitrogen and oxygen atoms in total. The molecule has 1 unspecified atom stereocenters. The summed E-state index contributed by atoms with van der Waals surface area (Å²) in [6.45, 7) is 5.40. The maximum absolute atomic E-state index is 13.1. The lowest BCUT2D eigenvalue weighted by Gasteiger charge is -2.32. The van der Waals surface area contributed by atoms with Gasteiger partial charge in [-0.2, -0.15) is 0 Å². The van der Waals surface area contributed by atoms with Crippen LogP contribution in [0.25, 0.3) is 0 Å². The molecule has 27 heavy (non-hydrogen) atoms. The fraction of sp³-hybridized carbons (Fsp3) is 0.579. The summed E-state index contributed by atoms with van der Waals surface area (Å²) >= 11 is 8.00.